The minimum Gasteiger partial charge on any atom is -0.409 e. The van der Waals surface area contributed by atoms with E-state index in [1.807, 2.05) is 25.2 Å². The van der Waals surface area contributed by atoms with Crippen LogP contribution in [0.2, 0.25) is 0 Å². The van der Waals surface area contributed by atoms with Gasteiger partial charge >= 0.3 is 0 Å². The minimum absolute atomic E-state index is 0.244. The average molecular weight is 283 g/mol. The first-order chi connectivity index (χ1) is 8.86. The van der Waals surface area contributed by atoms with Crippen LogP contribution in [0.3, 0.4) is 0 Å². The predicted octanol–water partition coefficient (Wildman–Crippen LogP) is 3.01. The van der Waals surface area contributed by atoms with Crippen LogP contribution >= 0.6 is 11.3 Å². The summed E-state index contributed by atoms with van der Waals surface area (Å²) >= 11 is 1.85. The van der Waals surface area contributed by atoms with Gasteiger partial charge in [-0.15, -0.1) is 11.3 Å². The lowest BCUT2D eigenvalue weighted by Crippen LogP contribution is -2.32. The Morgan fingerprint density at radius 3 is 2.68 bits per heavy atom. The first kappa shape index (κ1) is 16.0. The van der Waals surface area contributed by atoms with Crippen LogP contribution in [0.4, 0.5) is 0 Å². The van der Waals surface area contributed by atoms with Gasteiger partial charge in [0, 0.05) is 21.7 Å². The molecule has 0 bridgehead atoms. The van der Waals surface area contributed by atoms with E-state index in [4.69, 9.17) is 10.9 Å². The maximum Gasteiger partial charge on any atom is 0.144 e. The molecule has 0 saturated carbocycles. The first-order valence-corrected chi connectivity index (χ1v) is 7.43. The molecule has 0 atom stereocenters. The molecule has 0 fully saturated rings. The number of nitrogens with two attached hydrogens (primary N) is 1. The standard InChI is InChI=1S/C14H25N3OS/c1-10-8-12(19-11(10)2)9-16-7-5-6-14(3,4)13(15)17-18/h8,16,18H,5-7,9H2,1-4H3,(H2,15,17). The van der Waals surface area contributed by atoms with Gasteiger partial charge in [-0.05, 0) is 44.9 Å². The maximum absolute atomic E-state index is 8.70. The number of thiophene rings is 1. The zero-order chi connectivity index (χ0) is 14.5. The molecule has 1 rings (SSSR count). The van der Waals surface area contributed by atoms with Crippen LogP contribution in [0.5, 0.6) is 0 Å². The monoisotopic (exact) mass is 283 g/mol. The summed E-state index contributed by atoms with van der Waals surface area (Å²) in [7, 11) is 0. The molecule has 0 aliphatic rings. The quantitative estimate of drug-likeness (QED) is 0.237. The molecule has 0 saturated heterocycles. The Hall–Kier alpha value is -1.07. The van der Waals surface area contributed by atoms with E-state index in [0.717, 1.165) is 25.9 Å². The molecule has 0 amide bonds. The van der Waals surface area contributed by atoms with E-state index in [9.17, 15) is 0 Å². The molecule has 0 unspecified atom stereocenters. The Balaban J connectivity index is 2.25. The van der Waals surface area contributed by atoms with E-state index in [1.165, 1.54) is 15.3 Å². The van der Waals surface area contributed by atoms with Gasteiger partial charge < -0.3 is 16.3 Å². The fourth-order valence-electron chi connectivity index (χ4n) is 1.87. The summed E-state index contributed by atoms with van der Waals surface area (Å²) in [6.45, 7) is 10.2. The van der Waals surface area contributed by atoms with Crippen LogP contribution in [0.1, 0.15) is 42.0 Å². The van der Waals surface area contributed by atoms with Crippen molar-refractivity contribution in [2.75, 3.05) is 6.54 Å². The van der Waals surface area contributed by atoms with Gasteiger partial charge in [-0.1, -0.05) is 19.0 Å². The Morgan fingerprint density at radius 1 is 1.47 bits per heavy atom. The highest BCUT2D eigenvalue weighted by molar-refractivity contribution is 7.12. The fraction of sp³-hybridized carbons (Fsp3) is 0.643. The van der Waals surface area contributed by atoms with Gasteiger partial charge in [0.1, 0.15) is 5.84 Å². The molecule has 1 heterocycles. The summed E-state index contributed by atoms with van der Waals surface area (Å²) in [5.74, 6) is 0.303. The smallest absolute Gasteiger partial charge is 0.144 e. The van der Waals surface area contributed by atoms with E-state index in [2.05, 4.69) is 30.4 Å². The van der Waals surface area contributed by atoms with Gasteiger partial charge in [0.15, 0.2) is 0 Å². The van der Waals surface area contributed by atoms with Gasteiger partial charge in [-0.3, -0.25) is 0 Å². The predicted molar refractivity (Wildman–Crippen MR) is 81.9 cm³/mol. The zero-order valence-electron chi connectivity index (χ0n) is 12.3. The molecule has 0 aliphatic carbocycles. The van der Waals surface area contributed by atoms with Crippen LogP contribution in [-0.2, 0) is 6.54 Å². The lowest BCUT2D eigenvalue weighted by Gasteiger charge is -2.22. The van der Waals surface area contributed by atoms with Crippen molar-refractivity contribution in [1.29, 1.82) is 0 Å². The molecule has 0 aromatic carbocycles. The summed E-state index contributed by atoms with van der Waals surface area (Å²) in [5, 5.41) is 15.2. The minimum atomic E-state index is -0.244. The summed E-state index contributed by atoms with van der Waals surface area (Å²) in [6, 6.07) is 2.24. The van der Waals surface area contributed by atoms with Crippen molar-refractivity contribution in [3.8, 4) is 0 Å². The Kier molecular flexibility index (Phi) is 5.82. The third-order valence-corrected chi connectivity index (χ3v) is 4.63. The maximum atomic E-state index is 8.70. The van der Waals surface area contributed by atoms with E-state index in [-0.39, 0.29) is 5.41 Å². The number of amidine groups is 1. The molecular formula is C14H25N3OS. The van der Waals surface area contributed by atoms with Gasteiger partial charge in [0.05, 0.1) is 0 Å². The molecule has 5 heteroatoms. The Labute approximate surface area is 119 Å². The van der Waals surface area contributed by atoms with Gasteiger partial charge in [-0.25, -0.2) is 0 Å². The summed E-state index contributed by atoms with van der Waals surface area (Å²) in [4.78, 5) is 2.77. The summed E-state index contributed by atoms with van der Waals surface area (Å²) in [6.07, 6.45) is 1.91. The van der Waals surface area contributed by atoms with Gasteiger partial charge in [-0.2, -0.15) is 0 Å². The number of aryl methyl sites for hydroxylation is 2. The van der Waals surface area contributed by atoms with Crippen LogP contribution in [0.15, 0.2) is 11.2 Å². The van der Waals surface area contributed by atoms with E-state index in [0.29, 0.717) is 5.84 Å². The SMILES string of the molecule is Cc1cc(CNCCCC(C)(C)C(N)=NO)sc1C. The molecule has 4 N–H and O–H groups in total. The van der Waals surface area contributed by atoms with Crippen molar-refractivity contribution in [3.63, 3.8) is 0 Å². The van der Waals surface area contributed by atoms with Crippen molar-refractivity contribution < 1.29 is 5.21 Å². The Morgan fingerprint density at radius 2 is 2.16 bits per heavy atom. The van der Waals surface area contributed by atoms with E-state index >= 15 is 0 Å². The molecule has 0 aliphatic heterocycles. The van der Waals surface area contributed by atoms with Crippen LogP contribution in [0, 0.1) is 19.3 Å². The normalized spacial score (nSPS) is 12.9. The largest absolute Gasteiger partial charge is 0.409 e. The molecule has 108 valence electrons. The van der Waals surface area contributed by atoms with Crippen molar-refractivity contribution in [2.45, 2.75) is 47.1 Å². The summed E-state index contributed by atoms with van der Waals surface area (Å²) in [5.41, 5.74) is 6.78. The Bertz CT molecular complexity index is 418. The van der Waals surface area contributed by atoms with Crippen molar-refractivity contribution >= 4 is 17.2 Å². The highest BCUT2D eigenvalue weighted by Crippen LogP contribution is 2.22. The molecule has 1 aromatic heterocycles. The second-order valence-corrected chi connectivity index (χ2v) is 6.94. The molecule has 4 nitrogen and oxygen atoms in total. The lowest BCUT2D eigenvalue weighted by atomic mass is 9.86. The average Bonchev–Trinajstić information content (AvgIpc) is 2.67. The third kappa shape index (κ3) is 4.84. The van der Waals surface area contributed by atoms with Gasteiger partial charge in [0.2, 0.25) is 0 Å². The topological polar surface area (TPSA) is 70.6 Å². The zero-order valence-corrected chi connectivity index (χ0v) is 13.1. The highest BCUT2D eigenvalue weighted by atomic mass is 32.1. The number of oxime groups is 1. The highest BCUT2D eigenvalue weighted by Gasteiger charge is 2.22. The number of hydrogen-bond acceptors (Lipinski definition) is 4. The van der Waals surface area contributed by atoms with Crippen molar-refractivity contribution in [2.24, 2.45) is 16.3 Å². The second kappa shape index (κ2) is 6.91. The lowest BCUT2D eigenvalue weighted by molar-refractivity contribution is 0.304. The molecular weight excluding hydrogens is 258 g/mol. The van der Waals surface area contributed by atoms with Crippen LogP contribution in [0.25, 0.3) is 0 Å². The number of nitrogens with zero attached hydrogens (tertiary/aromatic N) is 1. The van der Waals surface area contributed by atoms with Gasteiger partial charge in [0.25, 0.3) is 0 Å². The van der Waals surface area contributed by atoms with E-state index in [1.54, 1.807) is 0 Å². The molecule has 0 spiro atoms. The first-order valence-electron chi connectivity index (χ1n) is 6.61. The van der Waals surface area contributed by atoms with E-state index < -0.39 is 0 Å². The molecule has 1 aromatic rings. The van der Waals surface area contributed by atoms with Crippen LogP contribution < -0.4 is 11.1 Å². The molecule has 19 heavy (non-hydrogen) atoms. The number of rotatable bonds is 7. The number of nitrogens with one attached hydrogen (secondary N) is 1. The third-order valence-electron chi connectivity index (χ3n) is 3.47. The fourth-order valence-corrected chi connectivity index (χ4v) is 2.89. The van der Waals surface area contributed by atoms with Crippen molar-refractivity contribution in [3.05, 3.63) is 21.4 Å². The second-order valence-electron chi connectivity index (χ2n) is 5.60. The molecule has 0 radical (unpaired) electrons. The number of hydrogen-bond donors (Lipinski definition) is 3. The van der Waals surface area contributed by atoms with Crippen LogP contribution in [-0.4, -0.2) is 17.6 Å². The van der Waals surface area contributed by atoms with Crippen molar-refractivity contribution in [1.82, 2.24) is 5.32 Å². The summed E-state index contributed by atoms with van der Waals surface area (Å²) < 4.78 is 0.